The van der Waals surface area contributed by atoms with Gasteiger partial charge < -0.3 is 18.9 Å². The largest absolute Gasteiger partial charge is 0.493 e. The molecule has 0 aliphatic heterocycles. The highest BCUT2D eigenvalue weighted by molar-refractivity contribution is 5.90. The van der Waals surface area contributed by atoms with E-state index >= 15 is 0 Å². The zero-order chi connectivity index (χ0) is 25.0. The summed E-state index contributed by atoms with van der Waals surface area (Å²) in [4.78, 5) is 24.4. The number of ether oxygens (including phenoxy) is 4. The van der Waals surface area contributed by atoms with Gasteiger partial charge in [0.1, 0.15) is 12.4 Å². The molecule has 3 aromatic carbocycles. The van der Waals surface area contributed by atoms with Crippen LogP contribution in [-0.2, 0) is 27.4 Å². The molecule has 0 radical (unpaired) electrons. The molecule has 0 aromatic heterocycles. The van der Waals surface area contributed by atoms with Gasteiger partial charge in [-0.2, -0.15) is 0 Å². The molecule has 0 fully saturated rings. The van der Waals surface area contributed by atoms with Crippen LogP contribution >= 0.6 is 0 Å². The summed E-state index contributed by atoms with van der Waals surface area (Å²) in [5.74, 6) is 0.111. The Morgan fingerprint density at radius 3 is 2.29 bits per heavy atom. The number of esters is 1. The van der Waals surface area contributed by atoms with Gasteiger partial charge in [0.25, 0.3) is 5.91 Å². The molecule has 0 spiro atoms. The van der Waals surface area contributed by atoms with E-state index < -0.39 is 18.0 Å². The maximum absolute atomic E-state index is 12.3. The Morgan fingerprint density at radius 1 is 0.914 bits per heavy atom. The predicted octanol–water partition coefficient (Wildman–Crippen LogP) is 3.96. The van der Waals surface area contributed by atoms with Crippen LogP contribution in [0.2, 0.25) is 0 Å². The summed E-state index contributed by atoms with van der Waals surface area (Å²) in [6.07, 6.45) is 1.56. The van der Waals surface area contributed by atoms with Gasteiger partial charge >= 0.3 is 5.97 Å². The third kappa shape index (κ3) is 7.62. The molecule has 35 heavy (non-hydrogen) atoms. The molecular weight excluding hydrogens is 450 g/mol. The molecule has 0 aliphatic rings. The molecule has 1 unspecified atom stereocenters. The van der Waals surface area contributed by atoms with Gasteiger partial charge in [0.15, 0.2) is 17.6 Å². The summed E-state index contributed by atoms with van der Waals surface area (Å²) in [5, 5.41) is 9.06. The van der Waals surface area contributed by atoms with Gasteiger partial charge in [-0.3, -0.25) is 10.0 Å². The number of methoxy groups -OCH3 is 2. The molecule has 0 aliphatic carbocycles. The number of hydroxylamine groups is 1. The summed E-state index contributed by atoms with van der Waals surface area (Å²) in [6.45, 7) is 0.455. The Balaban J connectivity index is 1.59. The van der Waals surface area contributed by atoms with Crippen LogP contribution in [0.15, 0.2) is 78.9 Å². The van der Waals surface area contributed by atoms with Gasteiger partial charge in [-0.15, -0.1) is 0 Å². The maximum atomic E-state index is 12.3. The Hall–Kier alpha value is -4.30. The lowest BCUT2D eigenvalue weighted by Gasteiger charge is -2.16. The number of hydrogen-bond acceptors (Lipinski definition) is 7. The molecule has 3 aromatic rings. The first-order valence-corrected chi connectivity index (χ1v) is 10.8. The van der Waals surface area contributed by atoms with Gasteiger partial charge in [0.05, 0.1) is 14.2 Å². The van der Waals surface area contributed by atoms with E-state index in [2.05, 4.69) is 0 Å². The minimum atomic E-state index is -1.25. The zero-order valence-electron chi connectivity index (χ0n) is 19.5. The fourth-order valence-electron chi connectivity index (χ4n) is 3.24. The van der Waals surface area contributed by atoms with Crippen molar-refractivity contribution >= 4 is 18.0 Å². The van der Waals surface area contributed by atoms with Crippen molar-refractivity contribution in [3.05, 3.63) is 95.6 Å². The minimum Gasteiger partial charge on any atom is -0.493 e. The van der Waals surface area contributed by atoms with Crippen LogP contribution in [0.4, 0.5) is 0 Å². The van der Waals surface area contributed by atoms with Crippen molar-refractivity contribution in [2.24, 2.45) is 0 Å². The van der Waals surface area contributed by atoms with Crippen molar-refractivity contribution in [2.45, 2.75) is 19.1 Å². The third-order valence-electron chi connectivity index (χ3n) is 5.07. The van der Waals surface area contributed by atoms with Crippen LogP contribution in [0.25, 0.3) is 6.08 Å². The lowest BCUT2D eigenvalue weighted by atomic mass is 10.1. The Kier molecular flexibility index (Phi) is 9.27. The number of amides is 1. The number of carbonyl (C=O) groups is 2. The molecule has 1 amide bonds. The molecule has 0 saturated carbocycles. The summed E-state index contributed by atoms with van der Waals surface area (Å²) in [5.41, 5.74) is 4.00. The van der Waals surface area contributed by atoms with Gasteiger partial charge in [0.2, 0.25) is 0 Å². The fourth-order valence-corrected chi connectivity index (χ4v) is 3.24. The highest BCUT2D eigenvalue weighted by Gasteiger charge is 2.23. The van der Waals surface area contributed by atoms with Gasteiger partial charge in [0, 0.05) is 12.5 Å². The maximum Gasteiger partial charge on any atom is 0.331 e. The van der Waals surface area contributed by atoms with Crippen LogP contribution in [0, 0.1) is 0 Å². The summed E-state index contributed by atoms with van der Waals surface area (Å²) in [6, 6.07) is 22.1. The minimum absolute atomic E-state index is 0.0276. The second-order valence-corrected chi connectivity index (χ2v) is 7.47. The molecule has 182 valence electrons. The third-order valence-corrected chi connectivity index (χ3v) is 5.07. The smallest absolute Gasteiger partial charge is 0.331 e. The van der Waals surface area contributed by atoms with Crippen LogP contribution in [0.5, 0.6) is 17.2 Å². The van der Waals surface area contributed by atoms with E-state index in [1.54, 1.807) is 48.5 Å². The van der Waals surface area contributed by atoms with Gasteiger partial charge in [-0.1, -0.05) is 48.5 Å². The Morgan fingerprint density at radius 2 is 1.63 bits per heavy atom. The number of nitrogens with one attached hydrogen (secondary N) is 1. The van der Waals surface area contributed by atoms with Crippen molar-refractivity contribution in [1.29, 1.82) is 0 Å². The number of rotatable bonds is 11. The van der Waals surface area contributed by atoms with Gasteiger partial charge in [-0.05, 0) is 47.0 Å². The fraction of sp³-hybridized carbons (Fsp3) is 0.185. The van der Waals surface area contributed by atoms with Crippen molar-refractivity contribution in [3.8, 4) is 17.2 Å². The topological polar surface area (TPSA) is 103 Å². The van der Waals surface area contributed by atoms with Crippen LogP contribution in [-0.4, -0.2) is 37.4 Å². The first-order valence-electron chi connectivity index (χ1n) is 10.8. The van der Waals surface area contributed by atoms with E-state index in [0.717, 1.165) is 11.1 Å². The summed E-state index contributed by atoms with van der Waals surface area (Å²) in [7, 11) is 3.01. The monoisotopic (exact) mass is 477 g/mol. The number of carbonyl (C=O) groups excluding carboxylic acids is 2. The second-order valence-electron chi connectivity index (χ2n) is 7.47. The van der Waals surface area contributed by atoms with E-state index in [9.17, 15) is 9.59 Å². The molecule has 1 atom stereocenters. The summed E-state index contributed by atoms with van der Waals surface area (Å²) < 4.78 is 21.5. The van der Waals surface area contributed by atoms with E-state index in [1.807, 2.05) is 30.3 Å². The normalized spacial score (nSPS) is 11.5. The van der Waals surface area contributed by atoms with Crippen LogP contribution in [0.3, 0.4) is 0 Å². The Labute approximate surface area is 203 Å². The average molecular weight is 478 g/mol. The van der Waals surface area contributed by atoms with Crippen LogP contribution in [0.1, 0.15) is 16.7 Å². The molecule has 3 rings (SSSR count). The number of benzene rings is 3. The van der Waals surface area contributed by atoms with Crippen molar-refractivity contribution in [3.63, 3.8) is 0 Å². The highest BCUT2D eigenvalue weighted by atomic mass is 16.6. The van der Waals surface area contributed by atoms with Gasteiger partial charge in [-0.25, -0.2) is 10.3 Å². The van der Waals surface area contributed by atoms with E-state index in [0.29, 0.717) is 29.4 Å². The number of hydrogen-bond donors (Lipinski definition) is 2. The zero-order valence-corrected chi connectivity index (χ0v) is 19.5. The standard InChI is InChI=1S/C27H27NO7/c1-32-23-14-10-21(16-24(23)33-2)17-25(27(30)28-31)35-26(29)15-11-19-8-12-22(13-9-19)34-18-20-6-4-3-5-7-20/h3-16,25,31H,17-18H2,1-2H3,(H,28,30)/b15-11+. The second kappa shape index (κ2) is 12.8. The quantitative estimate of drug-likeness (QED) is 0.187. The first-order chi connectivity index (χ1) is 17.0. The molecule has 8 nitrogen and oxygen atoms in total. The van der Waals surface area contributed by atoms with E-state index in [4.69, 9.17) is 24.2 Å². The van der Waals surface area contributed by atoms with Crippen molar-refractivity contribution in [2.75, 3.05) is 14.2 Å². The van der Waals surface area contributed by atoms with Crippen molar-refractivity contribution < 1.29 is 33.7 Å². The van der Waals surface area contributed by atoms with E-state index in [-0.39, 0.29) is 6.42 Å². The molecule has 0 bridgehead atoms. The molecule has 0 heterocycles. The molecule has 0 saturated heterocycles. The molecular formula is C27H27NO7. The predicted molar refractivity (Wildman–Crippen MR) is 129 cm³/mol. The lowest BCUT2D eigenvalue weighted by molar-refractivity contribution is -0.155. The van der Waals surface area contributed by atoms with Crippen molar-refractivity contribution in [1.82, 2.24) is 5.48 Å². The van der Waals surface area contributed by atoms with Crippen LogP contribution < -0.4 is 19.7 Å². The molecule has 8 heteroatoms. The van der Waals surface area contributed by atoms with E-state index in [1.165, 1.54) is 25.8 Å². The highest BCUT2D eigenvalue weighted by Crippen LogP contribution is 2.28. The first kappa shape index (κ1) is 25.3. The molecule has 2 N–H and O–H groups in total. The SMILES string of the molecule is COc1ccc(CC(OC(=O)/C=C/c2ccc(OCc3ccccc3)cc2)C(=O)NO)cc1OC. The Bertz CT molecular complexity index is 1140. The summed E-state index contributed by atoms with van der Waals surface area (Å²) >= 11 is 0. The lowest BCUT2D eigenvalue weighted by Crippen LogP contribution is -2.37. The average Bonchev–Trinajstić information content (AvgIpc) is 2.91.